The van der Waals surface area contributed by atoms with Crippen LogP contribution >= 0.6 is 11.3 Å². The smallest absolute Gasteiger partial charge is 0.276 e. The van der Waals surface area contributed by atoms with Gasteiger partial charge in [-0.2, -0.15) is 5.10 Å². The Morgan fingerprint density at radius 3 is 3.13 bits per heavy atom. The third-order valence-corrected chi connectivity index (χ3v) is 4.63. The molecule has 1 saturated heterocycles. The lowest BCUT2D eigenvalue weighted by molar-refractivity contribution is -0.0226. The molecule has 0 aromatic carbocycles. The molecule has 3 N–H and O–H groups in total. The zero-order valence-electron chi connectivity index (χ0n) is 12.5. The van der Waals surface area contributed by atoms with Gasteiger partial charge >= 0.3 is 0 Å². The van der Waals surface area contributed by atoms with Crippen LogP contribution in [0.1, 0.15) is 34.9 Å². The van der Waals surface area contributed by atoms with E-state index in [1.807, 2.05) is 6.92 Å². The first-order valence-corrected chi connectivity index (χ1v) is 8.23. The van der Waals surface area contributed by atoms with Gasteiger partial charge in [-0.25, -0.2) is 9.67 Å². The minimum Gasteiger partial charge on any atom is -0.394 e. The first-order valence-electron chi connectivity index (χ1n) is 7.35. The van der Waals surface area contributed by atoms with E-state index in [0.717, 1.165) is 0 Å². The molecule has 0 aliphatic carbocycles. The Morgan fingerprint density at radius 1 is 1.61 bits per heavy atom. The van der Waals surface area contributed by atoms with Gasteiger partial charge in [0.1, 0.15) is 28.7 Å². The Kier molecular flexibility index (Phi) is 4.71. The fourth-order valence-corrected chi connectivity index (χ4v) is 3.31. The predicted octanol–water partition coefficient (Wildman–Crippen LogP) is 0.795. The topological polar surface area (TPSA) is 110 Å². The van der Waals surface area contributed by atoms with Crippen molar-refractivity contribution in [3.63, 3.8) is 0 Å². The molecule has 3 atom stereocenters. The Morgan fingerprint density at radius 2 is 2.43 bits per heavy atom. The standard InChI is InChI=1S/C14H18N4O4S/c1-2-18-12(3-4-15-18)17-13(21)8-7-23-14(16-8)10-5-9(20)11(6-19)22-10/h3-4,7,9-11,19-20H,2,5-6H2,1H3,(H,17,21)/t9-,10+,11+/m0/s1. The summed E-state index contributed by atoms with van der Waals surface area (Å²) in [6.45, 7) is 2.35. The number of thiazole rings is 1. The highest BCUT2D eigenvalue weighted by molar-refractivity contribution is 7.09. The fourth-order valence-electron chi connectivity index (χ4n) is 2.46. The molecule has 0 bridgehead atoms. The van der Waals surface area contributed by atoms with Crippen LogP contribution in [0, 0.1) is 0 Å². The summed E-state index contributed by atoms with van der Waals surface area (Å²) >= 11 is 1.30. The molecule has 124 valence electrons. The van der Waals surface area contributed by atoms with Crippen molar-refractivity contribution in [2.45, 2.75) is 38.2 Å². The van der Waals surface area contributed by atoms with Crippen molar-refractivity contribution < 1.29 is 19.7 Å². The first kappa shape index (κ1) is 16.1. The van der Waals surface area contributed by atoms with Gasteiger partial charge in [-0.3, -0.25) is 4.79 Å². The second-order valence-electron chi connectivity index (χ2n) is 5.21. The minimum absolute atomic E-state index is 0.239. The van der Waals surface area contributed by atoms with Gasteiger partial charge in [-0.1, -0.05) is 0 Å². The number of carbonyl (C=O) groups excluding carboxylic acids is 1. The number of aliphatic hydroxyl groups is 2. The zero-order chi connectivity index (χ0) is 16.4. The minimum atomic E-state index is -0.718. The van der Waals surface area contributed by atoms with Crippen molar-refractivity contribution in [1.82, 2.24) is 14.8 Å². The normalized spacial score (nSPS) is 24.0. The Bertz CT molecular complexity index is 686. The molecule has 23 heavy (non-hydrogen) atoms. The molecule has 0 spiro atoms. The summed E-state index contributed by atoms with van der Waals surface area (Å²) in [4.78, 5) is 16.5. The SMILES string of the molecule is CCn1nccc1NC(=O)c1csc([C@H]2C[C@H](O)[C@@H](CO)O2)n1. The number of carbonyl (C=O) groups is 1. The summed E-state index contributed by atoms with van der Waals surface area (Å²) < 4.78 is 7.22. The number of hydrogen-bond donors (Lipinski definition) is 3. The van der Waals surface area contributed by atoms with Crippen LogP contribution in [-0.2, 0) is 11.3 Å². The molecular formula is C14H18N4O4S. The number of ether oxygens (including phenoxy) is 1. The van der Waals surface area contributed by atoms with Gasteiger partial charge in [0.2, 0.25) is 0 Å². The summed E-state index contributed by atoms with van der Waals surface area (Å²) in [6, 6.07) is 1.72. The Hall–Kier alpha value is -1.81. The monoisotopic (exact) mass is 338 g/mol. The summed E-state index contributed by atoms with van der Waals surface area (Å²) in [7, 11) is 0. The third kappa shape index (κ3) is 3.27. The molecule has 1 aliphatic heterocycles. The first-order chi connectivity index (χ1) is 11.1. The predicted molar refractivity (Wildman–Crippen MR) is 83.3 cm³/mol. The molecule has 8 nitrogen and oxygen atoms in total. The Balaban J connectivity index is 1.68. The lowest BCUT2D eigenvalue weighted by Crippen LogP contribution is -2.24. The number of nitrogens with zero attached hydrogens (tertiary/aromatic N) is 3. The number of aromatic nitrogens is 3. The second-order valence-corrected chi connectivity index (χ2v) is 6.10. The fraction of sp³-hybridized carbons (Fsp3) is 0.500. The van der Waals surface area contributed by atoms with Crippen molar-refractivity contribution in [3.8, 4) is 0 Å². The van der Waals surface area contributed by atoms with Gasteiger partial charge in [-0.15, -0.1) is 11.3 Å². The quantitative estimate of drug-likeness (QED) is 0.744. The lowest BCUT2D eigenvalue weighted by Gasteiger charge is -2.10. The van der Waals surface area contributed by atoms with Crippen molar-refractivity contribution in [2.75, 3.05) is 11.9 Å². The molecule has 2 aromatic heterocycles. The summed E-state index contributed by atoms with van der Waals surface area (Å²) in [6.07, 6.45) is 0.275. The maximum atomic E-state index is 12.3. The second kappa shape index (κ2) is 6.75. The van der Waals surface area contributed by atoms with Crippen molar-refractivity contribution >= 4 is 23.1 Å². The van der Waals surface area contributed by atoms with Gasteiger partial charge in [-0.05, 0) is 6.92 Å². The number of hydrogen-bond acceptors (Lipinski definition) is 7. The molecule has 0 saturated carbocycles. The van der Waals surface area contributed by atoms with Crippen LogP contribution in [0.15, 0.2) is 17.6 Å². The highest BCUT2D eigenvalue weighted by atomic mass is 32.1. The van der Waals surface area contributed by atoms with Gasteiger partial charge in [0.25, 0.3) is 5.91 Å². The molecule has 2 aromatic rings. The molecule has 3 heterocycles. The largest absolute Gasteiger partial charge is 0.394 e. The van der Waals surface area contributed by atoms with Crippen molar-refractivity contribution in [3.05, 3.63) is 28.3 Å². The number of aryl methyl sites for hydroxylation is 1. The van der Waals surface area contributed by atoms with Gasteiger partial charge in [0.15, 0.2) is 0 Å². The number of amides is 1. The molecule has 1 aliphatic rings. The summed E-state index contributed by atoms with van der Waals surface area (Å²) in [5.74, 6) is 0.292. The van der Waals surface area contributed by atoms with Crippen LogP contribution in [0.4, 0.5) is 5.82 Å². The van der Waals surface area contributed by atoms with E-state index in [0.29, 0.717) is 29.5 Å². The number of anilines is 1. The molecule has 1 fully saturated rings. The molecule has 3 rings (SSSR count). The summed E-state index contributed by atoms with van der Waals surface area (Å²) in [5, 5.41) is 28.0. The maximum absolute atomic E-state index is 12.3. The molecular weight excluding hydrogens is 320 g/mol. The van der Waals surface area contributed by atoms with Crippen LogP contribution in [0.3, 0.4) is 0 Å². The van der Waals surface area contributed by atoms with E-state index >= 15 is 0 Å². The van der Waals surface area contributed by atoms with Crippen LogP contribution in [0.2, 0.25) is 0 Å². The van der Waals surface area contributed by atoms with E-state index in [1.54, 1.807) is 22.3 Å². The van der Waals surface area contributed by atoms with E-state index in [2.05, 4.69) is 15.4 Å². The van der Waals surface area contributed by atoms with E-state index < -0.39 is 18.3 Å². The van der Waals surface area contributed by atoms with Crippen LogP contribution in [0.5, 0.6) is 0 Å². The Labute approximate surface area is 136 Å². The summed E-state index contributed by atoms with van der Waals surface area (Å²) in [5.41, 5.74) is 0.291. The van der Waals surface area contributed by atoms with E-state index in [4.69, 9.17) is 9.84 Å². The highest BCUT2D eigenvalue weighted by Gasteiger charge is 2.36. The van der Waals surface area contributed by atoms with Crippen molar-refractivity contribution in [1.29, 1.82) is 0 Å². The van der Waals surface area contributed by atoms with E-state index in [-0.39, 0.29) is 12.5 Å². The number of aliphatic hydroxyl groups excluding tert-OH is 2. The average molecular weight is 338 g/mol. The van der Waals surface area contributed by atoms with Gasteiger partial charge in [0.05, 0.1) is 18.9 Å². The molecule has 9 heteroatoms. The van der Waals surface area contributed by atoms with E-state index in [1.165, 1.54) is 11.3 Å². The van der Waals surface area contributed by atoms with Gasteiger partial charge < -0.3 is 20.3 Å². The maximum Gasteiger partial charge on any atom is 0.276 e. The number of nitrogens with one attached hydrogen (secondary N) is 1. The van der Waals surface area contributed by atoms with Crippen molar-refractivity contribution in [2.24, 2.45) is 0 Å². The average Bonchev–Trinajstić information content (AvgIpc) is 3.25. The van der Waals surface area contributed by atoms with Gasteiger partial charge in [0, 0.05) is 24.4 Å². The zero-order valence-corrected chi connectivity index (χ0v) is 13.4. The third-order valence-electron chi connectivity index (χ3n) is 3.69. The van der Waals surface area contributed by atoms with Crippen LogP contribution in [0.25, 0.3) is 0 Å². The van der Waals surface area contributed by atoms with E-state index in [9.17, 15) is 9.90 Å². The molecule has 1 amide bonds. The van der Waals surface area contributed by atoms with Crippen LogP contribution in [-0.4, -0.2) is 49.7 Å². The lowest BCUT2D eigenvalue weighted by atomic mass is 10.1. The molecule has 0 radical (unpaired) electrons. The number of rotatable bonds is 5. The highest BCUT2D eigenvalue weighted by Crippen LogP contribution is 2.34. The molecule has 0 unspecified atom stereocenters. The van der Waals surface area contributed by atoms with Crippen LogP contribution < -0.4 is 5.32 Å².